The average molecular weight is 255 g/mol. The summed E-state index contributed by atoms with van der Waals surface area (Å²) < 4.78 is 1.46. The van der Waals surface area contributed by atoms with Gasteiger partial charge in [-0.25, -0.2) is 4.98 Å². The maximum absolute atomic E-state index is 9.33. The maximum Gasteiger partial charge on any atom is 0.176 e. The van der Waals surface area contributed by atoms with E-state index in [0.717, 1.165) is 0 Å². The standard InChI is InChI=1S/C8H7BrN4O/c9-1-6(14)4-13-5-12-7(2-10)8(13)3-11/h5-6,14H,1,4H2. The second-order valence-electron chi connectivity index (χ2n) is 2.63. The van der Waals surface area contributed by atoms with Crippen LogP contribution in [0.2, 0.25) is 0 Å². The summed E-state index contributed by atoms with van der Waals surface area (Å²) in [6.07, 6.45) is 0.783. The van der Waals surface area contributed by atoms with Crippen LogP contribution >= 0.6 is 15.9 Å². The predicted octanol–water partition coefficient (Wildman–Crippen LogP) is 0.382. The fraction of sp³-hybridized carbons (Fsp3) is 0.375. The zero-order valence-electron chi connectivity index (χ0n) is 7.18. The van der Waals surface area contributed by atoms with E-state index in [0.29, 0.717) is 5.33 Å². The van der Waals surface area contributed by atoms with Gasteiger partial charge in [-0.1, -0.05) is 15.9 Å². The Morgan fingerprint density at radius 1 is 1.57 bits per heavy atom. The Morgan fingerprint density at radius 3 is 2.79 bits per heavy atom. The van der Waals surface area contributed by atoms with Crippen LogP contribution in [0.5, 0.6) is 0 Å². The van der Waals surface area contributed by atoms with Crippen LogP contribution in [0.3, 0.4) is 0 Å². The Morgan fingerprint density at radius 2 is 2.29 bits per heavy atom. The van der Waals surface area contributed by atoms with Crippen LogP contribution in [0, 0.1) is 22.7 Å². The second kappa shape index (κ2) is 4.75. The first-order valence-corrected chi connectivity index (χ1v) is 4.94. The van der Waals surface area contributed by atoms with Crippen LogP contribution < -0.4 is 0 Å². The minimum absolute atomic E-state index is 0.0919. The molecule has 5 nitrogen and oxygen atoms in total. The lowest BCUT2D eigenvalue weighted by atomic mass is 10.3. The molecule has 0 fully saturated rings. The summed E-state index contributed by atoms with van der Waals surface area (Å²) in [5, 5.41) is 27.1. The molecule has 0 bridgehead atoms. The molecule has 1 unspecified atom stereocenters. The molecule has 1 aromatic heterocycles. The van der Waals surface area contributed by atoms with E-state index < -0.39 is 6.10 Å². The Kier molecular flexibility index (Phi) is 3.63. The molecule has 1 heterocycles. The first-order chi connectivity index (χ1) is 6.72. The SMILES string of the molecule is N#Cc1ncn(CC(O)CBr)c1C#N. The molecule has 0 aromatic carbocycles. The van der Waals surface area contributed by atoms with Crippen LogP contribution in [0.25, 0.3) is 0 Å². The number of imidazole rings is 1. The smallest absolute Gasteiger partial charge is 0.176 e. The van der Waals surface area contributed by atoms with Gasteiger partial charge in [0.2, 0.25) is 0 Å². The van der Waals surface area contributed by atoms with Gasteiger partial charge in [0.1, 0.15) is 12.1 Å². The van der Waals surface area contributed by atoms with E-state index in [1.54, 1.807) is 0 Å². The van der Waals surface area contributed by atoms with Crippen LogP contribution in [-0.2, 0) is 6.54 Å². The van der Waals surface area contributed by atoms with E-state index in [9.17, 15) is 5.11 Å². The van der Waals surface area contributed by atoms with Gasteiger partial charge in [0.05, 0.1) is 19.0 Å². The largest absolute Gasteiger partial charge is 0.390 e. The Balaban J connectivity index is 2.95. The van der Waals surface area contributed by atoms with Crippen LogP contribution in [0.15, 0.2) is 6.33 Å². The third-order valence-corrected chi connectivity index (χ3v) is 2.38. The van der Waals surface area contributed by atoms with Crippen LogP contribution in [0.4, 0.5) is 0 Å². The summed E-state index contributed by atoms with van der Waals surface area (Å²) in [4.78, 5) is 3.75. The zero-order valence-corrected chi connectivity index (χ0v) is 8.77. The molecule has 0 aliphatic heterocycles. The number of hydrogen-bond donors (Lipinski definition) is 1. The molecule has 72 valence electrons. The number of nitrogens with zero attached hydrogens (tertiary/aromatic N) is 4. The van der Waals surface area contributed by atoms with Crippen molar-refractivity contribution in [2.24, 2.45) is 0 Å². The Bertz CT molecular complexity index is 400. The first kappa shape index (κ1) is 10.7. The number of rotatable bonds is 3. The second-order valence-corrected chi connectivity index (χ2v) is 3.27. The topological polar surface area (TPSA) is 85.6 Å². The van der Waals surface area contributed by atoms with Crippen molar-refractivity contribution >= 4 is 15.9 Å². The molecule has 0 amide bonds. The highest BCUT2D eigenvalue weighted by Crippen LogP contribution is 2.06. The summed E-state index contributed by atoms with van der Waals surface area (Å²) in [7, 11) is 0. The van der Waals surface area contributed by atoms with Crippen molar-refractivity contribution < 1.29 is 5.11 Å². The number of halogens is 1. The number of aromatic nitrogens is 2. The van der Waals surface area contributed by atoms with E-state index in [2.05, 4.69) is 20.9 Å². The van der Waals surface area contributed by atoms with Crippen molar-refractivity contribution in [2.75, 3.05) is 5.33 Å². The number of nitriles is 2. The molecule has 1 rings (SSSR count). The molecule has 0 aliphatic carbocycles. The van der Waals surface area contributed by atoms with E-state index in [1.807, 2.05) is 12.1 Å². The van der Waals surface area contributed by atoms with Gasteiger partial charge in [0.25, 0.3) is 0 Å². The summed E-state index contributed by atoms with van der Waals surface area (Å²) in [6.45, 7) is 0.253. The normalized spacial score (nSPS) is 11.7. The van der Waals surface area contributed by atoms with Crippen LogP contribution in [0.1, 0.15) is 11.4 Å². The van der Waals surface area contributed by atoms with E-state index in [1.165, 1.54) is 10.9 Å². The van der Waals surface area contributed by atoms with Crippen molar-refractivity contribution in [1.29, 1.82) is 10.5 Å². The van der Waals surface area contributed by atoms with Gasteiger partial charge in [0, 0.05) is 5.33 Å². The number of aliphatic hydroxyl groups excluding tert-OH is 1. The molecule has 0 aliphatic rings. The summed E-state index contributed by atoms with van der Waals surface area (Å²) in [5.74, 6) is 0. The van der Waals surface area contributed by atoms with Gasteiger partial charge in [-0.2, -0.15) is 10.5 Å². The predicted molar refractivity (Wildman–Crippen MR) is 51.5 cm³/mol. The van der Waals surface area contributed by atoms with Gasteiger partial charge >= 0.3 is 0 Å². The van der Waals surface area contributed by atoms with E-state index in [-0.39, 0.29) is 17.9 Å². The first-order valence-electron chi connectivity index (χ1n) is 3.82. The highest BCUT2D eigenvalue weighted by Gasteiger charge is 2.12. The summed E-state index contributed by atoms with van der Waals surface area (Å²) in [5.41, 5.74) is 0.279. The lowest BCUT2D eigenvalue weighted by molar-refractivity contribution is 0.179. The van der Waals surface area contributed by atoms with Gasteiger partial charge < -0.3 is 9.67 Å². The quantitative estimate of drug-likeness (QED) is 0.791. The van der Waals surface area contributed by atoms with E-state index >= 15 is 0 Å². The third kappa shape index (κ3) is 2.11. The summed E-state index contributed by atoms with van der Waals surface area (Å²) in [6, 6.07) is 3.69. The molecule has 1 N–H and O–H groups in total. The lowest BCUT2D eigenvalue weighted by Crippen LogP contribution is -2.17. The summed E-state index contributed by atoms with van der Waals surface area (Å²) >= 11 is 3.11. The molecule has 0 saturated carbocycles. The minimum Gasteiger partial charge on any atom is -0.390 e. The van der Waals surface area contributed by atoms with Crippen molar-refractivity contribution in [3.05, 3.63) is 17.7 Å². The number of alkyl halides is 1. The minimum atomic E-state index is -0.595. The van der Waals surface area contributed by atoms with Crippen LogP contribution in [-0.4, -0.2) is 26.1 Å². The monoisotopic (exact) mass is 254 g/mol. The van der Waals surface area contributed by atoms with Gasteiger partial charge in [-0.3, -0.25) is 0 Å². The molecule has 0 spiro atoms. The van der Waals surface area contributed by atoms with Crippen molar-refractivity contribution in [3.8, 4) is 12.1 Å². The molecule has 1 aromatic rings. The fourth-order valence-electron chi connectivity index (χ4n) is 0.996. The molecule has 14 heavy (non-hydrogen) atoms. The Labute approximate surface area is 89.3 Å². The Hall–Kier alpha value is -1.37. The third-order valence-electron chi connectivity index (χ3n) is 1.64. The molecule has 0 radical (unpaired) electrons. The lowest BCUT2D eigenvalue weighted by Gasteiger charge is -2.07. The van der Waals surface area contributed by atoms with Crippen molar-refractivity contribution in [2.45, 2.75) is 12.6 Å². The van der Waals surface area contributed by atoms with Crippen molar-refractivity contribution in [3.63, 3.8) is 0 Å². The average Bonchev–Trinajstić information content (AvgIpc) is 2.59. The highest BCUT2D eigenvalue weighted by molar-refractivity contribution is 9.09. The fourth-order valence-corrected chi connectivity index (χ4v) is 1.20. The molecular weight excluding hydrogens is 248 g/mol. The van der Waals surface area contributed by atoms with Gasteiger partial charge in [0.15, 0.2) is 11.4 Å². The van der Waals surface area contributed by atoms with Crippen molar-refractivity contribution in [1.82, 2.24) is 9.55 Å². The van der Waals surface area contributed by atoms with E-state index in [4.69, 9.17) is 10.5 Å². The molecule has 0 saturated heterocycles. The molecule has 1 atom stereocenters. The van der Waals surface area contributed by atoms with Gasteiger partial charge in [-0.15, -0.1) is 0 Å². The zero-order chi connectivity index (χ0) is 10.6. The number of hydrogen-bond acceptors (Lipinski definition) is 4. The number of aliphatic hydroxyl groups is 1. The molecule has 6 heteroatoms. The van der Waals surface area contributed by atoms with Gasteiger partial charge in [-0.05, 0) is 0 Å². The highest BCUT2D eigenvalue weighted by atomic mass is 79.9. The maximum atomic E-state index is 9.33. The molecular formula is C8H7BrN4O.